The van der Waals surface area contributed by atoms with E-state index in [4.69, 9.17) is 22.1 Å². The van der Waals surface area contributed by atoms with Crippen molar-refractivity contribution in [1.82, 2.24) is 9.80 Å². The number of hydrogen-bond acceptors (Lipinski definition) is 6. The summed E-state index contributed by atoms with van der Waals surface area (Å²) in [6.07, 6.45) is 3.64. The van der Waals surface area contributed by atoms with Crippen LogP contribution in [-0.2, 0) is 14.4 Å². The van der Waals surface area contributed by atoms with Crippen LogP contribution in [0.1, 0.15) is 18.4 Å². The number of thioether (sulfide) groups is 1. The number of carbonyl (C=O) groups excluding carboxylic acids is 2. The standard InChI is InChI=1S/C18H18N2O5S2/c21-15(19-7-3-4-8-19)11-25-13-6-2-1-5-12(13)9-14-17(24)20(10-16(22)23)18(26)27-14/h1-2,5-6,9H,3-4,7-8,10-11H2,(H,22,23). The molecule has 0 bridgehead atoms. The molecule has 7 nitrogen and oxygen atoms in total. The molecule has 2 saturated heterocycles. The number of carbonyl (C=O) groups is 3. The molecule has 0 saturated carbocycles. The predicted octanol–water partition coefficient (Wildman–Crippen LogP) is 1.97. The smallest absolute Gasteiger partial charge is 0.323 e. The molecule has 1 aromatic carbocycles. The van der Waals surface area contributed by atoms with E-state index < -0.39 is 18.4 Å². The van der Waals surface area contributed by atoms with Gasteiger partial charge < -0.3 is 14.7 Å². The largest absolute Gasteiger partial charge is 0.483 e. The fourth-order valence-corrected chi connectivity index (χ4v) is 4.09. The van der Waals surface area contributed by atoms with Gasteiger partial charge in [0, 0.05) is 18.7 Å². The minimum absolute atomic E-state index is 0.0601. The molecule has 2 amide bonds. The Bertz CT molecular complexity index is 818. The molecule has 2 heterocycles. The Hall–Kier alpha value is -2.39. The molecule has 27 heavy (non-hydrogen) atoms. The number of carboxylic acids is 1. The SMILES string of the molecule is O=C(O)CN1C(=O)C(=Cc2ccccc2OCC(=O)N2CCCC2)SC1=S. The van der Waals surface area contributed by atoms with Gasteiger partial charge in [-0.2, -0.15) is 0 Å². The fraction of sp³-hybridized carbons (Fsp3) is 0.333. The van der Waals surface area contributed by atoms with E-state index in [0.29, 0.717) is 16.2 Å². The molecule has 2 aliphatic heterocycles. The summed E-state index contributed by atoms with van der Waals surface area (Å²) < 4.78 is 5.88. The van der Waals surface area contributed by atoms with Gasteiger partial charge in [-0.3, -0.25) is 19.3 Å². The van der Waals surface area contributed by atoms with Crippen LogP contribution in [0.3, 0.4) is 0 Å². The minimum atomic E-state index is -1.13. The number of nitrogens with zero attached hydrogens (tertiary/aromatic N) is 2. The number of ether oxygens (including phenoxy) is 1. The maximum atomic E-state index is 12.4. The van der Waals surface area contributed by atoms with E-state index in [9.17, 15) is 14.4 Å². The topological polar surface area (TPSA) is 87.1 Å². The van der Waals surface area contributed by atoms with Crippen molar-refractivity contribution in [2.24, 2.45) is 0 Å². The van der Waals surface area contributed by atoms with Crippen LogP contribution >= 0.6 is 24.0 Å². The fourth-order valence-electron chi connectivity index (χ4n) is 2.84. The molecule has 0 atom stereocenters. The summed E-state index contributed by atoms with van der Waals surface area (Å²) >= 11 is 6.14. The van der Waals surface area contributed by atoms with E-state index in [1.165, 1.54) is 0 Å². The quantitative estimate of drug-likeness (QED) is 0.571. The van der Waals surface area contributed by atoms with Crippen molar-refractivity contribution in [3.63, 3.8) is 0 Å². The van der Waals surface area contributed by atoms with Gasteiger partial charge in [-0.1, -0.05) is 42.2 Å². The number of benzene rings is 1. The summed E-state index contributed by atoms with van der Waals surface area (Å²) in [7, 11) is 0. The van der Waals surface area contributed by atoms with E-state index in [0.717, 1.165) is 42.6 Å². The Morgan fingerprint density at radius 1 is 1.26 bits per heavy atom. The number of aliphatic carboxylic acids is 1. The Labute approximate surface area is 166 Å². The maximum absolute atomic E-state index is 12.4. The molecule has 3 rings (SSSR count). The maximum Gasteiger partial charge on any atom is 0.323 e. The molecule has 9 heteroatoms. The normalized spacial score (nSPS) is 18.4. The lowest BCUT2D eigenvalue weighted by atomic mass is 10.2. The second kappa shape index (κ2) is 8.53. The first-order chi connectivity index (χ1) is 13.0. The Morgan fingerprint density at radius 3 is 2.67 bits per heavy atom. The highest BCUT2D eigenvalue weighted by Gasteiger charge is 2.33. The molecular formula is C18H18N2O5S2. The van der Waals surface area contributed by atoms with Crippen LogP contribution in [0.5, 0.6) is 5.75 Å². The predicted molar refractivity (Wildman–Crippen MR) is 105 cm³/mol. The lowest BCUT2D eigenvalue weighted by Gasteiger charge is -2.16. The highest BCUT2D eigenvalue weighted by atomic mass is 32.2. The second-order valence-electron chi connectivity index (χ2n) is 6.08. The zero-order valence-corrected chi connectivity index (χ0v) is 16.1. The highest BCUT2D eigenvalue weighted by Crippen LogP contribution is 2.34. The minimum Gasteiger partial charge on any atom is -0.483 e. The van der Waals surface area contributed by atoms with Crippen molar-refractivity contribution in [3.8, 4) is 5.75 Å². The van der Waals surface area contributed by atoms with E-state index in [2.05, 4.69) is 0 Å². The molecule has 0 unspecified atom stereocenters. The summed E-state index contributed by atoms with van der Waals surface area (Å²) in [5.41, 5.74) is 0.627. The number of thiocarbonyl (C=S) groups is 1. The van der Waals surface area contributed by atoms with Crippen molar-refractivity contribution in [2.75, 3.05) is 26.2 Å². The van der Waals surface area contributed by atoms with Crippen LogP contribution in [0, 0.1) is 0 Å². The zero-order chi connectivity index (χ0) is 19.4. The van der Waals surface area contributed by atoms with Gasteiger partial charge in [0.25, 0.3) is 11.8 Å². The van der Waals surface area contributed by atoms with Crippen molar-refractivity contribution in [2.45, 2.75) is 12.8 Å². The summed E-state index contributed by atoms with van der Waals surface area (Å²) in [4.78, 5) is 38.6. The molecule has 2 aliphatic rings. The first-order valence-electron chi connectivity index (χ1n) is 8.42. The average Bonchev–Trinajstić information content (AvgIpc) is 3.26. The molecule has 0 spiro atoms. The summed E-state index contributed by atoms with van der Waals surface area (Å²) in [5.74, 6) is -1.16. The molecule has 0 aromatic heterocycles. The van der Waals surface area contributed by atoms with E-state index >= 15 is 0 Å². The van der Waals surface area contributed by atoms with Gasteiger partial charge in [0.15, 0.2) is 6.61 Å². The van der Waals surface area contributed by atoms with E-state index in [-0.39, 0.29) is 16.8 Å². The van der Waals surface area contributed by atoms with Crippen molar-refractivity contribution < 1.29 is 24.2 Å². The Balaban J connectivity index is 1.73. The van der Waals surface area contributed by atoms with Gasteiger partial charge >= 0.3 is 5.97 Å². The molecular weight excluding hydrogens is 388 g/mol. The van der Waals surface area contributed by atoms with E-state index in [1.54, 1.807) is 35.2 Å². The summed E-state index contributed by atoms with van der Waals surface area (Å²) in [6, 6.07) is 7.06. The van der Waals surface area contributed by atoms with Crippen molar-refractivity contribution in [1.29, 1.82) is 0 Å². The number of amides is 2. The van der Waals surface area contributed by atoms with Crippen LogP contribution in [0.15, 0.2) is 29.2 Å². The van der Waals surface area contributed by atoms with Gasteiger partial charge in [0.2, 0.25) is 0 Å². The lowest BCUT2D eigenvalue weighted by molar-refractivity contribution is -0.140. The Morgan fingerprint density at radius 2 is 1.96 bits per heavy atom. The lowest BCUT2D eigenvalue weighted by Crippen LogP contribution is -2.33. The molecule has 1 aromatic rings. The molecule has 0 aliphatic carbocycles. The Kier molecular flexibility index (Phi) is 6.12. The van der Waals surface area contributed by atoms with Crippen LogP contribution in [0.4, 0.5) is 0 Å². The number of para-hydroxylation sites is 1. The first kappa shape index (κ1) is 19.4. The summed E-state index contributed by atoms with van der Waals surface area (Å²) in [5, 5.41) is 8.90. The number of carboxylic acid groups (broad SMARTS) is 1. The molecule has 0 radical (unpaired) electrons. The van der Waals surface area contributed by atoms with Crippen molar-refractivity contribution >= 4 is 52.2 Å². The van der Waals surface area contributed by atoms with Crippen molar-refractivity contribution in [3.05, 3.63) is 34.7 Å². The first-order valence-corrected chi connectivity index (χ1v) is 9.65. The third-order valence-corrected chi connectivity index (χ3v) is 5.56. The number of likely N-dealkylation sites (tertiary alicyclic amines) is 1. The van der Waals surface area contributed by atoms with Gasteiger partial charge in [0.1, 0.15) is 16.6 Å². The number of hydrogen-bond donors (Lipinski definition) is 1. The molecule has 142 valence electrons. The van der Waals surface area contributed by atoms with Gasteiger partial charge in [-0.15, -0.1) is 0 Å². The third-order valence-electron chi connectivity index (χ3n) is 4.18. The molecule has 2 fully saturated rings. The highest BCUT2D eigenvalue weighted by molar-refractivity contribution is 8.26. The van der Waals surface area contributed by atoms with Crippen LogP contribution < -0.4 is 4.74 Å². The summed E-state index contributed by atoms with van der Waals surface area (Å²) in [6.45, 7) is 0.987. The molecule has 1 N–H and O–H groups in total. The van der Waals surface area contributed by atoms with Gasteiger partial charge in [-0.25, -0.2) is 0 Å². The average molecular weight is 406 g/mol. The van der Waals surface area contributed by atoms with Crippen LogP contribution in [0.25, 0.3) is 6.08 Å². The van der Waals surface area contributed by atoms with Gasteiger partial charge in [-0.05, 0) is 25.0 Å². The van der Waals surface area contributed by atoms with Crippen LogP contribution in [0.2, 0.25) is 0 Å². The second-order valence-corrected chi connectivity index (χ2v) is 7.75. The van der Waals surface area contributed by atoms with E-state index in [1.807, 2.05) is 0 Å². The van der Waals surface area contributed by atoms with Crippen LogP contribution in [-0.4, -0.2) is 63.3 Å². The third kappa shape index (κ3) is 4.67. The van der Waals surface area contributed by atoms with Gasteiger partial charge in [0.05, 0.1) is 4.91 Å². The number of rotatable bonds is 6. The zero-order valence-electron chi connectivity index (χ0n) is 14.4. The monoisotopic (exact) mass is 406 g/mol.